The zero-order chi connectivity index (χ0) is 11.5. The molecule has 0 amide bonds. The molecule has 1 saturated carbocycles. The van der Waals surface area contributed by atoms with Gasteiger partial charge in [0.1, 0.15) is 6.54 Å². The summed E-state index contributed by atoms with van der Waals surface area (Å²) in [7, 11) is -2.06. The first-order chi connectivity index (χ1) is 6.95. The van der Waals surface area contributed by atoms with Gasteiger partial charge in [0.25, 0.3) is 0 Å². The van der Waals surface area contributed by atoms with Crippen LogP contribution in [0, 0.1) is 0 Å². The van der Waals surface area contributed by atoms with Crippen LogP contribution in [0.15, 0.2) is 0 Å². The molecule has 0 aromatic rings. The highest BCUT2D eigenvalue weighted by molar-refractivity contribution is 7.88. The molecular formula is C9H17NO4S. The number of hydrogen-bond donors (Lipinski definition) is 0. The Morgan fingerprint density at radius 1 is 1.40 bits per heavy atom. The van der Waals surface area contributed by atoms with Crippen LogP contribution in [0.5, 0.6) is 0 Å². The van der Waals surface area contributed by atoms with Crippen molar-refractivity contribution in [2.45, 2.75) is 31.7 Å². The molecule has 1 rings (SSSR count). The zero-order valence-corrected chi connectivity index (χ0v) is 9.92. The van der Waals surface area contributed by atoms with Gasteiger partial charge in [-0.2, -0.15) is 4.31 Å². The summed E-state index contributed by atoms with van der Waals surface area (Å²) < 4.78 is 28.7. The van der Waals surface area contributed by atoms with E-state index in [4.69, 9.17) is 0 Å². The molecule has 0 atom stereocenters. The van der Waals surface area contributed by atoms with Gasteiger partial charge in [0.15, 0.2) is 0 Å². The van der Waals surface area contributed by atoms with E-state index in [0.717, 1.165) is 31.9 Å². The van der Waals surface area contributed by atoms with Crippen LogP contribution in [0.1, 0.15) is 25.7 Å². The van der Waals surface area contributed by atoms with Gasteiger partial charge in [-0.15, -0.1) is 0 Å². The van der Waals surface area contributed by atoms with Crippen LogP contribution in [0.4, 0.5) is 0 Å². The first kappa shape index (κ1) is 12.4. The predicted octanol–water partition coefficient (Wildman–Crippen LogP) is 0.364. The van der Waals surface area contributed by atoms with Crippen molar-refractivity contribution in [2.24, 2.45) is 0 Å². The van der Waals surface area contributed by atoms with Gasteiger partial charge in [-0.1, -0.05) is 12.8 Å². The summed E-state index contributed by atoms with van der Waals surface area (Å²) >= 11 is 0. The standard InChI is InChI=1S/C9H17NO4S/c1-14-9(11)7-10(15(2,12)13)8-5-3-4-6-8/h8H,3-7H2,1-2H3. The first-order valence-corrected chi connectivity index (χ1v) is 6.83. The summed E-state index contributed by atoms with van der Waals surface area (Å²) in [5.74, 6) is -0.507. The molecule has 1 fully saturated rings. The largest absolute Gasteiger partial charge is 0.468 e. The van der Waals surface area contributed by atoms with Crippen molar-refractivity contribution < 1.29 is 17.9 Å². The number of ether oxygens (including phenoxy) is 1. The van der Waals surface area contributed by atoms with Crippen molar-refractivity contribution >= 4 is 16.0 Å². The van der Waals surface area contributed by atoms with Gasteiger partial charge in [0.2, 0.25) is 10.0 Å². The Kier molecular flexibility index (Phi) is 4.10. The van der Waals surface area contributed by atoms with Crippen molar-refractivity contribution in [3.8, 4) is 0 Å². The Morgan fingerprint density at radius 3 is 2.33 bits per heavy atom. The highest BCUT2D eigenvalue weighted by Crippen LogP contribution is 2.25. The van der Waals surface area contributed by atoms with Crippen molar-refractivity contribution in [1.82, 2.24) is 4.31 Å². The van der Waals surface area contributed by atoms with Crippen LogP contribution in [0.3, 0.4) is 0 Å². The van der Waals surface area contributed by atoms with Crippen LogP contribution >= 0.6 is 0 Å². The molecule has 0 radical (unpaired) electrons. The summed E-state index contributed by atoms with van der Waals surface area (Å²) in [6.45, 7) is -0.167. The van der Waals surface area contributed by atoms with Gasteiger partial charge in [0, 0.05) is 6.04 Å². The average molecular weight is 235 g/mol. The lowest BCUT2D eigenvalue weighted by Crippen LogP contribution is -2.41. The van der Waals surface area contributed by atoms with Gasteiger partial charge in [-0.05, 0) is 12.8 Å². The van der Waals surface area contributed by atoms with E-state index >= 15 is 0 Å². The van der Waals surface area contributed by atoms with E-state index in [-0.39, 0.29) is 12.6 Å². The smallest absolute Gasteiger partial charge is 0.321 e. The minimum absolute atomic E-state index is 0.0286. The highest BCUT2D eigenvalue weighted by atomic mass is 32.2. The molecule has 88 valence electrons. The topological polar surface area (TPSA) is 63.7 Å². The maximum Gasteiger partial charge on any atom is 0.321 e. The normalized spacial score (nSPS) is 18.3. The Balaban J connectivity index is 2.73. The molecule has 0 spiro atoms. The predicted molar refractivity (Wildman–Crippen MR) is 55.8 cm³/mol. The molecule has 0 heterocycles. The number of rotatable bonds is 4. The van der Waals surface area contributed by atoms with Crippen molar-refractivity contribution in [1.29, 1.82) is 0 Å². The number of sulfonamides is 1. The lowest BCUT2D eigenvalue weighted by molar-refractivity contribution is -0.141. The van der Waals surface area contributed by atoms with Gasteiger partial charge in [-0.25, -0.2) is 8.42 Å². The van der Waals surface area contributed by atoms with E-state index in [1.54, 1.807) is 0 Å². The zero-order valence-electron chi connectivity index (χ0n) is 9.10. The molecule has 0 bridgehead atoms. The summed E-state index contributed by atoms with van der Waals surface area (Å²) in [4.78, 5) is 11.1. The quantitative estimate of drug-likeness (QED) is 0.660. The lowest BCUT2D eigenvalue weighted by Gasteiger charge is -2.24. The van der Waals surface area contributed by atoms with Crippen LogP contribution in [0.25, 0.3) is 0 Å². The average Bonchev–Trinajstić information content (AvgIpc) is 2.64. The van der Waals surface area contributed by atoms with Crippen molar-refractivity contribution in [2.75, 3.05) is 19.9 Å². The summed E-state index contributed by atoms with van der Waals surface area (Å²) in [5, 5.41) is 0. The number of esters is 1. The highest BCUT2D eigenvalue weighted by Gasteiger charge is 2.30. The second kappa shape index (κ2) is 4.94. The number of carbonyl (C=O) groups is 1. The van der Waals surface area contributed by atoms with Crippen LogP contribution in [-0.4, -0.2) is 44.6 Å². The Hall–Kier alpha value is -0.620. The third-order valence-corrected chi connectivity index (χ3v) is 3.95. The first-order valence-electron chi connectivity index (χ1n) is 4.99. The van der Waals surface area contributed by atoms with Crippen molar-refractivity contribution in [3.63, 3.8) is 0 Å². The van der Waals surface area contributed by atoms with E-state index < -0.39 is 16.0 Å². The van der Waals surface area contributed by atoms with Gasteiger partial charge in [-0.3, -0.25) is 4.79 Å². The van der Waals surface area contributed by atoms with Crippen LogP contribution < -0.4 is 0 Å². The molecule has 0 aromatic heterocycles. The van der Waals surface area contributed by atoms with E-state index in [1.807, 2.05) is 0 Å². The Labute approximate surface area is 90.4 Å². The molecule has 1 aliphatic carbocycles. The minimum Gasteiger partial charge on any atom is -0.468 e. The molecule has 0 unspecified atom stereocenters. The van der Waals surface area contributed by atoms with Crippen LogP contribution in [-0.2, 0) is 19.6 Å². The molecular weight excluding hydrogens is 218 g/mol. The number of hydrogen-bond acceptors (Lipinski definition) is 4. The minimum atomic E-state index is -3.32. The molecule has 0 aliphatic heterocycles. The van der Waals surface area contributed by atoms with Crippen molar-refractivity contribution in [3.05, 3.63) is 0 Å². The maximum atomic E-state index is 11.5. The van der Waals surface area contributed by atoms with E-state index in [9.17, 15) is 13.2 Å². The molecule has 0 saturated heterocycles. The summed E-state index contributed by atoms with van der Waals surface area (Å²) in [6.07, 6.45) is 4.86. The van der Waals surface area contributed by atoms with E-state index in [1.165, 1.54) is 11.4 Å². The third kappa shape index (κ3) is 3.46. The Bertz CT molecular complexity index is 319. The SMILES string of the molecule is COC(=O)CN(C1CCCC1)S(C)(=O)=O. The summed E-state index contributed by atoms with van der Waals surface area (Å²) in [5.41, 5.74) is 0. The summed E-state index contributed by atoms with van der Waals surface area (Å²) in [6, 6.07) is -0.0286. The number of methoxy groups -OCH3 is 1. The van der Waals surface area contributed by atoms with Gasteiger partial charge in [0.05, 0.1) is 13.4 Å². The maximum absolute atomic E-state index is 11.5. The Morgan fingerprint density at radius 2 is 1.93 bits per heavy atom. The van der Waals surface area contributed by atoms with Crippen LogP contribution in [0.2, 0.25) is 0 Å². The fraction of sp³-hybridized carbons (Fsp3) is 0.889. The van der Waals surface area contributed by atoms with E-state index in [2.05, 4.69) is 4.74 Å². The lowest BCUT2D eigenvalue weighted by atomic mass is 10.2. The van der Waals surface area contributed by atoms with Gasteiger partial charge >= 0.3 is 5.97 Å². The molecule has 0 aromatic carbocycles. The van der Waals surface area contributed by atoms with Gasteiger partial charge < -0.3 is 4.74 Å². The second-order valence-corrected chi connectivity index (χ2v) is 5.76. The fourth-order valence-electron chi connectivity index (χ4n) is 1.90. The molecule has 15 heavy (non-hydrogen) atoms. The van der Waals surface area contributed by atoms with E-state index in [0.29, 0.717) is 0 Å². The second-order valence-electron chi connectivity index (χ2n) is 3.82. The fourth-order valence-corrected chi connectivity index (χ4v) is 2.99. The monoisotopic (exact) mass is 235 g/mol. The molecule has 0 N–H and O–H groups in total. The molecule has 1 aliphatic rings. The number of nitrogens with zero attached hydrogens (tertiary/aromatic N) is 1. The third-order valence-electron chi connectivity index (χ3n) is 2.67. The molecule has 6 heteroatoms. The molecule has 5 nitrogen and oxygen atoms in total. The number of carbonyl (C=O) groups excluding carboxylic acids is 1.